The van der Waals surface area contributed by atoms with Gasteiger partial charge in [0.1, 0.15) is 5.75 Å². The van der Waals surface area contributed by atoms with E-state index in [4.69, 9.17) is 10.5 Å². The zero-order valence-corrected chi connectivity index (χ0v) is 14.3. The molecule has 0 amide bonds. The third kappa shape index (κ3) is 4.60. The SMILES string of the molecule is COc1ccc2cc([C@H](N)[C@H](O)CCC(C)C)ccc2c1.Cl. The first-order chi connectivity index (χ1) is 10.0. The van der Waals surface area contributed by atoms with Crippen molar-refractivity contribution >= 4 is 23.2 Å². The Labute approximate surface area is 138 Å². The minimum atomic E-state index is -0.497. The topological polar surface area (TPSA) is 55.5 Å². The Morgan fingerprint density at radius 3 is 2.32 bits per heavy atom. The first-order valence-electron chi connectivity index (χ1n) is 7.52. The van der Waals surface area contributed by atoms with Crippen LogP contribution in [0.3, 0.4) is 0 Å². The molecule has 0 unspecified atom stereocenters. The summed E-state index contributed by atoms with van der Waals surface area (Å²) in [5.41, 5.74) is 7.17. The van der Waals surface area contributed by atoms with Crippen molar-refractivity contribution < 1.29 is 9.84 Å². The van der Waals surface area contributed by atoms with Crippen molar-refractivity contribution in [3.8, 4) is 5.75 Å². The number of halogens is 1. The molecule has 0 aromatic heterocycles. The maximum atomic E-state index is 10.2. The molecule has 3 nitrogen and oxygen atoms in total. The van der Waals surface area contributed by atoms with Crippen molar-refractivity contribution in [2.24, 2.45) is 11.7 Å². The molecule has 0 spiro atoms. The molecule has 22 heavy (non-hydrogen) atoms. The maximum Gasteiger partial charge on any atom is 0.119 e. The van der Waals surface area contributed by atoms with Gasteiger partial charge in [-0.2, -0.15) is 0 Å². The van der Waals surface area contributed by atoms with Crippen molar-refractivity contribution in [3.05, 3.63) is 42.0 Å². The lowest BCUT2D eigenvalue weighted by Crippen LogP contribution is -2.26. The lowest BCUT2D eigenvalue weighted by atomic mass is 9.94. The molecule has 0 saturated heterocycles. The van der Waals surface area contributed by atoms with E-state index in [1.165, 1.54) is 0 Å². The molecule has 2 aromatic rings. The van der Waals surface area contributed by atoms with Gasteiger partial charge in [0.2, 0.25) is 0 Å². The second kappa shape index (κ2) is 8.37. The highest BCUT2D eigenvalue weighted by Gasteiger charge is 2.17. The Kier molecular flexibility index (Phi) is 7.14. The lowest BCUT2D eigenvalue weighted by Gasteiger charge is -2.20. The van der Waals surface area contributed by atoms with Crippen LogP contribution in [-0.4, -0.2) is 18.3 Å². The van der Waals surface area contributed by atoms with Crippen LogP contribution >= 0.6 is 12.4 Å². The molecule has 2 atom stereocenters. The van der Waals surface area contributed by atoms with E-state index in [1.807, 2.05) is 30.3 Å². The number of aliphatic hydroxyl groups excluding tert-OH is 1. The fraction of sp³-hybridized carbons (Fsp3) is 0.444. The predicted octanol–water partition coefficient (Wildman–Crippen LogP) is 4.07. The van der Waals surface area contributed by atoms with E-state index in [0.29, 0.717) is 5.92 Å². The fourth-order valence-corrected chi connectivity index (χ4v) is 2.48. The summed E-state index contributed by atoms with van der Waals surface area (Å²) in [4.78, 5) is 0. The van der Waals surface area contributed by atoms with Crippen LogP contribution in [0.2, 0.25) is 0 Å². The second-order valence-corrected chi connectivity index (χ2v) is 6.04. The Balaban J connectivity index is 0.00000242. The summed E-state index contributed by atoms with van der Waals surface area (Å²) in [7, 11) is 1.66. The van der Waals surface area contributed by atoms with Gasteiger partial charge in [-0.3, -0.25) is 0 Å². The van der Waals surface area contributed by atoms with E-state index in [-0.39, 0.29) is 18.4 Å². The van der Waals surface area contributed by atoms with Crippen molar-refractivity contribution in [1.29, 1.82) is 0 Å². The van der Waals surface area contributed by atoms with Gasteiger partial charge in [-0.05, 0) is 53.3 Å². The first-order valence-corrected chi connectivity index (χ1v) is 7.52. The number of rotatable bonds is 6. The molecule has 0 radical (unpaired) electrons. The van der Waals surface area contributed by atoms with Gasteiger partial charge in [0.25, 0.3) is 0 Å². The number of benzene rings is 2. The summed E-state index contributed by atoms with van der Waals surface area (Å²) in [6.07, 6.45) is 1.22. The van der Waals surface area contributed by atoms with Crippen molar-refractivity contribution in [3.63, 3.8) is 0 Å². The summed E-state index contributed by atoms with van der Waals surface area (Å²) in [5.74, 6) is 1.42. The molecule has 0 aliphatic rings. The van der Waals surface area contributed by atoms with E-state index < -0.39 is 6.10 Å². The van der Waals surface area contributed by atoms with Gasteiger partial charge in [0.15, 0.2) is 0 Å². The number of aliphatic hydroxyl groups is 1. The molecule has 2 aromatic carbocycles. The summed E-state index contributed by atoms with van der Waals surface area (Å²) in [5, 5.41) is 12.5. The molecule has 0 aliphatic heterocycles. The van der Waals surface area contributed by atoms with Gasteiger partial charge in [-0.15, -0.1) is 12.4 Å². The minimum Gasteiger partial charge on any atom is -0.497 e. The van der Waals surface area contributed by atoms with Gasteiger partial charge in [-0.1, -0.05) is 32.0 Å². The highest BCUT2D eigenvalue weighted by molar-refractivity contribution is 5.85. The molecular formula is C18H26ClNO2. The highest BCUT2D eigenvalue weighted by Crippen LogP contribution is 2.26. The van der Waals surface area contributed by atoms with Gasteiger partial charge in [0.05, 0.1) is 19.3 Å². The molecule has 0 bridgehead atoms. The Bertz CT molecular complexity index is 601. The van der Waals surface area contributed by atoms with Gasteiger partial charge in [0, 0.05) is 0 Å². The summed E-state index contributed by atoms with van der Waals surface area (Å²) in [6, 6.07) is 11.7. The zero-order valence-electron chi connectivity index (χ0n) is 13.5. The number of hydrogen-bond donors (Lipinski definition) is 2. The average molecular weight is 324 g/mol. The maximum absolute atomic E-state index is 10.2. The predicted molar refractivity (Wildman–Crippen MR) is 94.8 cm³/mol. The zero-order chi connectivity index (χ0) is 15.4. The van der Waals surface area contributed by atoms with E-state index in [1.54, 1.807) is 7.11 Å². The van der Waals surface area contributed by atoms with E-state index >= 15 is 0 Å². The number of methoxy groups -OCH3 is 1. The Morgan fingerprint density at radius 1 is 1.05 bits per heavy atom. The normalized spacial score (nSPS) is 13.7. The third-order valence-corrected chi connectivity index (χ3v) is 3.91. The number of nitrogens with two attached hydrogens (primary N) is 1. The second-order valence-electron chi connectivity index (χ2n) is 6.04. The van der Waals surface area contributed by atoms with Crippen molar-refractivity contribution in [1.82, 2.24) is 0 Å². The summed E-state index contributed by atoms with van der Waals surface area (Å²) < 4.78 is 5.23. The van der Waals surface area contributed by atoms with Crippen LogP contribution in [-0.2, 0) is 0 Å². The Hall–Kier alpha value is -1.29. The van der Waals surface area contributed by atoms with Crippen molar-refractivity contribution in [2.75, 3.05) is 7.11 Å². The third-order valence-electron chi connectivity index (χ3n) is 3.91. The number of fused-ring (bicyclic) bond motifs is 1. The minimum absolute atomic E-state index is 0. The fourth-order valence-electron chi connectivity index (χ4n) is 2.48. The quantitative estimate of drug-likeness (QED) is 0.842. The van der Waals surface area contributed by atoms with Crippen LogP contribution in [0.1, 0.15) is 38.3 Å². The molecule has 0 fully saturated rings. The molecule has 4 heteroatoms. The monoisotopic (exact) mass is 323 g/mol. The average Bonchev–Trinajstić information content (AvgIpc) is 2.50. The van der Waals surface area contributed by atoms with Crippen LogP contribution in [0.15, 0.2) is 36.4 Å². The molecule has 0 saturated carbocycles. The van der Waals surface area contributed by atoms with Crippen LogP contribution in [0.4, 0.5) is 0 Å². The van der Waals surface area contributed by atoms with Crippen LogP contribution < -0.4 is 10.5 Å². The largest absolute Gasteiger partial charge is 0.497 e. The standard InChI is InChI=1S/C18H25NO2.ClH/c1-12(2)4-9-17(20)18(19)15-6-5-14-11-16(21-3)8-7-13(14)10-15;/h5-8,10-12,17-18,20H,4,9,19H2,1-3H3;1H/t17-,18+;/m1./s1. The molecule has 2 rings (SSSR count). The van der Waals surface area contributed by atoms with Gasteiger partial charge < -0.3 is 15.6 Å². The van der Waals surface area contributed by atoms with E-state index in [2.05, 4.69) is 19.9 Å². The lowest BCUT2D eigenvalue weighted by molar-refractivity contribution is 0.128. The van der Waals surface area contributed by atoms with E-state index in [0.717, 1.165) is 34.9 Å². The van der Waals surface area contributed by atoms with Gasteiger partial charge in [-0.25, -0.2) is 0 Å². The highest BCUT2D eigenvalue weighted by atomic mass is 35.5. The molecule has 3 N–H and O–H groups in total. The van der Waals surface area contributed by atoms with Crippen LogP contribution in [0.25, 0.3) is 10.8 Å². The van der Waals surface area contributed by atoms with Gasteiger partial charge >= 0.3 is 0 Å². The first kappa shape index (κ1) is 18.8. The molecule has 0 heterocycles. The molecule has 0 aliphatic carbocycles. The summed E-state index contributed by atoms with van der Waals surface area (Å²) in [6.45, 7) is 4.31. The molecule has 122 valence electrons. The van der Waals surface area contributed by atoms with Crippen LogP contribution in [0, 0.1) is 5.92 Å². The Morgan fingerprint density at radius 2 is 1.68 bits per heavy atom. The molecular weight excluding hydrogens is 298 g/mol. The number of ether oxygens (including phenoxy) is 1. The van der Waals surface area contributed by atoms with Crippen molar-refractivity contribution in [2.45, 2.75) is 38.8 Å². The smallest absolute Gasteiger partial charge is 0.119 e. The summed E-state index contributed by atoms with van der Waals surface area (Å²) >= 11 is 0. The van der Waals surface area contributed by atoms with E-state index in [9.17, 15) is 5.11 Å². The van der Waals surface area contributed by atoms with Crippen LogP contribution in [0.5, 0.6) is 5.75 Å². The number of hydrogen-bond acceptors (Lipinski definition) is 3.